The van der Waals surface area contributed by atoms with E-state index >= 15 is 0 Å². The van der Waals surface area contributed by atoms with Gasteiger partial charge >= 0.3 is 5.13 Å². The molecule has 176 valence electrons. The second-order valence-corrected chi connectivity index (χ2v) is 8.62. The van der Waals surface area contributed by atoms with E-state index in [0.29, 0.717) is 0 Å². The van der Waals surface area contributed by atoms with Gasteiger partial charge in [0.15, 0.2) is 5.69 Å². The minimum atomic E-state index is 0. The van der Waals surface area contributed by atoms with Crippen LogP contribution in [0.1, 0.15) is 0 Å². The maximum Gasteiger partial charge on any atom is 0.344 e. The van der Waals surface area contributed by atoms with E-state index in [1.54, 1.807) is 25.6 Å². The molecule has 0 radical (unpaired) electrons. The first-order valence-electron chi connectivity index (χ1n) is 11.0. The van der Waals surface area contributed by atoms with Crippen molar-refractivity contribution < 1.29 is 26.4 Å². The van der Waals surface area contributed by atoms with E-state index in [4.69, 9.17) is 9.47 Å². The van der Waals surface area contributed by atoms with E-state index in [1.807, 2.05) is 48.5 Å². The fraction of sp³-hybridized carbons (Fsp3) is 0.0690. The van der Waals surface area contributed by atoms with Crippen LogP contribution in [-0.4, -0.2) is 14.2 Å². The summed E-state index contributed by atoms with van der Waals surface area (Å²) in [6.45, 7) is 0. The van der Waals surface area contributed by atoms with Crippen molar-refractivity contribution in [3.05, 3.63) is 109 Å². The quantitative estimate of drug-likeness (QED) is 0.341. The Morgan fingerprint density at radius 2 is 1.29 bits per heavy atom. The molecule has 0 atom stereocenters. The Morgan fingerprint density at radius 3 is 2.00 bits per heavy atom. The summed E-state index contributed by atoms with van der Waals surface area (Å²) in [6.07, 6.45) is 0. The summed E-state index contributed by atoms with van der Waals surface area (Å²) < 4.78 is 13.1. The van der Waals surface area contributed by atoms with E-state index in [0.717, 1.165) is 39.3 Å². The molecule has 0 saturated carbocycles. The standard InChI is InChI=1S/C29H24N2O2S.ClH/c1-32-26-12-6-10-24(18-26)30-29-31(25-11-7-13-27(19-25)33-2)28(20-34-29)23-16-14-22(15-17-23)21-8-4-3-5-9-21;/h3-20H,1-2H3;1H. The first-order chi connectivity index (χ1) is 16.7. The highest BCUT2D eigenvalue weighted by Crippen LogP contribution is 2.31. The maximum atomic E-state index is 5.50. The Kier molecular flexibility index (Phi) is 7.70. The van der Waals surface area contributed by atoms with Crippen molar-refractivity contribution in [2.24, 2.45) is 0 Å². The van der Waals surface area contributed by atoms with Gasteiger partial charge in [0, 0.05) is 23.1 Å². The van der Waals surface area contributed by atoms with Crippen LogP contribution < -0.4 is 31.8 Å². The largest absolute Gasteiger partial charge is 1.00 e. The van der Waals surface area contributed by atoms with Crippen LogP contribution in [0.5, 0.6) is 11.5 Å². The maximum absolute atomic E-state index is 5.50. The summed E-state index contributed by atoms with van der Waals surface area (Å²) in [5.74, 6) is 1.63. The smallest absolute Gasteiger partial charge is 0.344 e. The molecular formula is C29H25ClN2O2S. The molecule has 0 amide bonds. The van der Waals surface area contributed by atoms with Crippen LogP contribution in [0.3, 0.4) is 0 Å². The van der Waals surface area contributed by atoms with Gasteiger partial charge in [-0.05, 0) is 35.4 Å². The molecule has 0 spiro atoms. The number of rotatable bonds is 7. The van der Waals surface area contributed by atoms with E-state index in [2.05, 4.69) is 69.9 Å². The van der Waals surface area contributed by atoms with Gasteiger partial charge in [0.2, 0.25) is 0 Å². The van der Waals surface area contributed by atoms with Crippen LogP contribution in [0.25, 0.3) is 28.1 Å². The first-order valence-corrected chi connectivity index (χ1v) is 11.9. The highest BCUT2D eigenvalue weighted by molar-refractivity contribution is 7.13. The number of thiazole rings is 1. The van der Waals surface area contributed by atoms with E-state index < -0.39 is 0 Å². The third-order valence-electron chi connectivity index (χ3n) is 5.65. The molecule has 35 heavy (non-hydrogen) atoms. The average Bonchev–Trinajstić information content (AvgIpc) is 3.32. The highest BCUT2D eigenvalue weighted by atomic mass is 35.5. The first kappa shape index (κ1) is 24.3. The van der Waals surface area contributed by atoms with Gasteiger partial charge in [0.25, 0.3) is 0 Å². The molecule has 0 aliphatic heterocycles. The van der Waals surface area contributed by atoms with Gasteiger partial charge in [-0.25, -0.2) is 5.32 Å². The fourth-order valence-electron chi connectivity index (χ4n) is 3.90. The topological polar surface area (TPSA) is 34.4 Å². The van der Waals surface area contributed by atoms with Crippen LogP contribution in [0.2, 0.25) is 0 Å². The molecule has 1 N–H and O–H groups in total. The van der Waals surface area contributed by atoms with Crippen LogP contribution in [0, 0.1) is 0 Å². The van der Waals surface area contributed by atoms with Crippen molar-refractivity contribution in [2.75, 3.05) is 19.5 Å². The minimum Gasteiger partial charge on any atom is -1.00 e. The number of anilines is 2. The molecule has 0 saturated heterocycles. The lowest BCUT2D eigenvalue weighted by atomic mass is 10.0. The lowest BCUT2D eigenvalue weighted by Crippen LogP contribution is -3.00. The summed E-state index contributed by atoms with van der Waals surface area (Å²) in [5, 5.41) is 6.74. The summed E-state index contributed by atoms with van der Waals surface area (Å²) in [6, 6.07) is 35.2. The predicted octanol–water partition coefficient (Wildman–Crippen LogP) is 4.12. The van der Waals surface area contributed by atoms with Gasteiger partial charge in [0.05, 0.1) is 14.2 Å². The van der Waals surface area contributed by atoms with Gasteiger partial charge in [-0.1, -0.05) is 78.1 Å². The molecule has 0 bridgehead atoms. The normalized spacial score (nSPS) is 10.3. The fourth-order valence-corrected chi connectivity index (χ4v) is 4.85. The van der Waals surface area contributed by atoms with Gasteiger partial charge < -0.3 is 21.9 Å². The molecule has 0 aliphatic carbocycles. The number of benzene rings is 4. The van der Waals surface area contributed by atoms with E-state index in [-0.39, 0.29) is 12.4 Å². The molecule has 1 aromatic heterocycles. The zero-order chi connectivity index (χ0) is 23.3. The monoisotopic (exact) mass is 500 g/mol. The van der Waals surface area contributed by atoms with Crippen molar-refractivity contribution in [1.82, 2.24) is 0 Å². The summed E-state index contributed by atoms with van der Waals surface area (Å²) >= 11 is 1.66. The van der Waals surface area contributed by atoms with Crippen molar-refractivity contribution in [1.29, 1.82) is 0 Å². The summed E-state index contributed by atoms with van der Waals surface area (Å²) in [5.41, 5.74) is 6.63. The number of nitrogens with zero attached hydrogens (tertiary/aromatic N) is 1. The summed E-state index contributed by atoms with van der Waals surface area (Å²) in [4.78, 5) is 0. The number of methoxy groups -OCH3 is 2. The highest BCUT2D eigenvalue weighted by Gasteiger charge is 2.22. The molecule has 6 heteroatoms. The third kappa shape index (κ3) is 5.32. The zero-order valence-electron chi connectivity index (χ0n) is 19.4. The predicted molar refractivity (Wildman–Crippen MR) is 140 cm³/mol. The molecule has 0 unspecified atom stereocenters. The molecule has 4 aromatic carbocycles. The van der Waals surface area contributed by atoms with Gasteiger partial charge in [-0.2, -0.15) is 4.57 Å². The van der Waals surface area contributed by atoms with Crippen molar-refractivity contribution >= 4 is 22.2 Å². The number of ether oxygens (including phenoxy) is 2. The van der Waals surface area contributed by atoms with Crippen molar-refractivity contribution in [3.63, 3.8) is 0 Å². The van der Waals surface area contributed by atoms with Crippen LogP contribution >= 0.6 is 11.3 Å². The Hall–Kier alpha value is -3.80. The number of aromatic nitrogens is 1. The van der Waals surface area contributed by atoms with Crippen LogP contribution in [-0.2, 0) is 0 Å². The molecule has 4 nitrogen and oxygen atoms in total. The molecule has 1 heterocycles. The van der Waals surface area contributed by atoms with Gasteiger partial charge in [-0.3, -0.25) is 0 Å². The Labute approximate surface area is 215 Å². The Bertz CT molecular complexity index is 1400. The lowest BCUT2D eigenvalue weighted by molar-refractivity contribution is -0.563. The number of hydrogen-bond donors (Lipinski definition) is 1. The SMILES string of the molecule is COc1cccc(Nc2scc(-c3ccc(-c4ccccc4)cc3)[n+]2-c2cccc(OC)c2)c1.[Cl-]. The summed E-state index contributed by atoms with van der Waals surface area (Å²) in [7, 11) is 3.37. The van der Waals surface area contributed by atoms with Gasteiger partial charge in [-0.15, -0.1) is 0 Å². The lowest BCUT2D eigenvalue weighted by Gasteiger charge is -2.09. The molecule has 0 aliphatic rings. The minimum absolute atomic E-state index is 0. The van der Waals surface area contributed by atoms with Gasteiger partial charge in [0.1, 0.15) is 22.9 Å². The second kappa shape index (κ2) is 11.1. The second-order valence-electron chi connectivity index (χ2n) is 7.76. The number of hydrogen-bond acceptors (Lipinski definition) is 4. The zero-order valence-corrected chi connectivity index (χ0v) is 21.0. The number of halogens is 1. The molecule has 5 rings (SSSR count). The van der Waals surface area contributed by atoms with E-state index in [9.17, 15) is 0 Å². The van der Waals surface area contributed by atoms with Crippen molar-refractivity contribution in [3.8, 4) is 39.6 Å². The Morgan fingerprint density at radius 1 is 0.657 bits per heavy atom. The average molecular weight is 501 g/mol. The third-order valence-corrected chi connectivity index (χ3v) is 6.50. The number of nitrogens with one attached hydrogen (secondary N) is 1. The molecular weight excluding hydrogens is 476 g/mol. The van der Waals surface area contributed by atoms with Crippen LogP contribution in [0.4, 0.5) is 10.8 Å². The van der Waals surface area contributed by atoms with Crippen LogP contribution in [0.15, 0.2) is 109 Å². The molecule has 0 fully saturated rings. The van der Waals surface area contributed by atoms with Crippen molar-refractivity contribution in [2.45, 2.75) is 0 Å². The Balaban J connectivity index is 0.00000289. The molecule has 5 aromatic rings. The van der Waals surface area contributed by atoms with E-state index in [1.165, 1.54) is 11.1 Å².